The van der Waals surface area contributed by atoms with Crippen LogP contribution in [0.5, 0.6) is 11.5 Å². The van der Waals surface area contributed by atoms with E-state index in [9.17, 15) is 9.18 Å². The van der Waals surface area contributed by atoms with Gasteiger partial charge in [-0.3, -0.25) is 4.79 Å². The van der Waals surface area contributed by atoms with Crippen molar-refractivity contribution < 1.29 is 18.7 Å². The smallest absolute Gasteiger partial charge is 0.209 e. The Morgan fingerprint density at radius 1 is 1.22 bits per heavy atom. The van der Waals surface area contributed by atoms with Crippen molar-refractivity contribution in [3.05, 3.63) is 45.9 Å². The standard InChI is InChI=1S/C13H11FO3S/c1-16-8-3-4-9(10(14)7-8)12(15)13-11(17-2)5-6-18-13/h3-7H,1-2H3. The van der Waals surface area contributed by atoms with Crippen LogP contribution in [0.4, 0.5) is 4.39 Å². The minimum Gasteiger partial charge on any atom is -0.497 e. The summed E-state index contributed by atoms with van der Waals surface area (Å²) in [6.45, 7) is 0. The molecule has 0 unspecified atom stereocenters. The summed E-state index contributed by atoms with van der Waals surface area (Å²) >= 11 is 1.22. The molecule has 1 heterocycles. The molecule has 0 aliphatic carbocycles. The predicted octanol–water partition coefficient (Wildman–Crippen LogP) is 3.14. The molecule has 0 bridgehead atoms. The quantitative estimate of drug-likeness (QED) is 0.797. The van der Waals surface area contributed by atoms with Gasteiger partial charge in [0.05, 0.1) is 19.8 Å². The van der Waals surface area contributed by atoms with Gasteiger partial charge in [-0.1, -0.05) is 0 Å². The molecule has 0 saturated heterocycles. The van der Waals surface area contributed by atoms with E-state index in [0.29, 0.717) is 16.4 Å². The second kappa shape index (κ2) is 5.18. The van der Waals surface area contributed by atoms with Crippen LogP contribution in [-0.4, -0.2) is 20.0 Å². The van der Waals surface area contributed by atoms with Crippen molar-refractivity contribution in [2.75, 3.05) is 14.2 Å². The van der Waals surface area contributed by atoms with Crippen LogP contribution in [0.25, 0.3) is 0 Å². The SMILES string of the molecule is COc1ccc(C(=O)c2sccc2OC)c(F)c1. The molecule has 5 heteroatoms. The van der Waals surface area contributed by atoms with Gasteiger partial charge >= 0.3 is 0 Å². The van der Waals surface area contributed by atoms with Gasteiger partial charge in [-0.2, -0.15) is 0 Å². The zero-order chi connectivity index (χ0) is 13.1. The Bertz CT molecular complexity index is 577. The molecule has 0 atom stereocenters. The highest BCUT2D eigenvalue weighted by Gasteiger charge is 2.19. The molecule has 0 radical (unpaired) electrons. The summed E-state index contributed by atoms with van der Waals surface area (Å²) in [6, 6.07) is 5.83. The number of benzene rings is 1. The molecular formula is C13H11FO3S. The molecule has 94 valence electrons. The third kappa shape index (κ3) is 2.22. The van der Waals surface area contributed by atoms with E-state index in [1.165, 1.54) is 37.7 Å². The molecule has 0 aliphatic heterocycles. The monoisotopic (exact) mass is 266 g/mol. The number of ether oxygens (including phenoxy) is 2. The number of carbonyl (C=O) groups excluding carboxylic acids is 1. The van der Waals surface area contributed by atoms with Gasteiger partial charge in [-0.05, 0) is 23.6 Å². The first-order valence-corrected chi connectivity index (χ1v) is 6.05. The molecule has 2 aromatic rings. The number of thiophene rings is 1. The van der Waals surface area contributed by atoms with Crippen LogP contribution in [0, 0.1) is 5.82 Å². The van der Waals surface area contributed by atoms with Crippen molar-refractivity contribution in [1.82, 2.24) is 0 Å². The highest BCUT2D eigenvalue weighted by molar-refractivity contribution is 7.12. The van der Waals surface area contributed by atoms with E-state index < -0.39 is 5.82 Å². The van der Waals surface area contributed by atoms with Gasteiger partial charge in [0.15, 0.2) is 0 Å². The van der Waals surface area contributed by atoms with E-state index in [2.05, 4.69) is 0 Å². The zero-order valence-electron chi connectivity index (χ0n) is 9.90. The van der Waals surface area contributed by atoms with E-state index in [1.807, 2.05) is 0 Å². The first-order valence-electron chi connectivity index (χ1n) is 5.17. The molecule has 0 spiro atoms. The van der Waals surface area contributed by atoms with Crippen molar-refractivity contribution in [1.29, 1.82) is 0 Å². The third-order valence-electron chi connectivity index (χ3n) is 2.48. The van der Waals surface area contributed by atoms with Crippen LogP contribution in [0.1, 0.15) is 15.2 Å². The summed E-state index contributed by atoms with van der Waals surface area (Å²) in [5, 5.41) is 1.73. The lowest BCUT2D eigenvalue weighted by molar-refractivity contribution is 0.103. The molecule has 0 aliphatic rings. The van der Waals surface area contributed by atoms with Crippen LogP contribution in [0.2, 0.25) is 0 Å². The van der Waals surface area contributed by atoms with Gasteiger partial charge in [-0.25, -0.2) is 4.39 Å². The van der Waals surface area contributed by atoms with Crippen molar-refractivity contribution in [3.63, 3.8) is 0 Å². The van der Waals surface area contributed by atoms with Gasteiger partial charge in [0.2, 0.25) is 5.78 Å². The second-order valence-corrected chi connectivity index (χ2v) is 4.41. The van der Waals surface area contributed by atoms with Gasteiger partial charge in [0.25, 0.3) is 0 Å². The maximum Gasteiger partial charge on any atom is 0.209 e. The fraction of sp³-hybridized carbons (Fsp3) is 0.154. The maximum atomic E-state index is 13.8. The number of hydrogen-bond acceptors (Lipinski definition) is 4. The molecule has 18 heavy (non-hydrogen) atoms. The molecular weight excluding hydrogens is 255 g/mol. The first-order chi connectivity index (χ1) is 8.67. The molecule has 1 aromatic heterocycles. The van der Waals surface area contributed by atoms with Crippen molar-refractivity contribution >= 4 is 17.1 Å². The second-order valence-electron chi connectivity index (χ2n) is 3.49. The Kier molecular flexibility index (Phi) is 3.62. The Labute approximate surface area is 108 Å². The number of hydrogen-bond donors (Lipinski definition) is 0. The maximum absolute atomic E-state index is 13.8. The molecule has 0 N–H and O–H groups in total. The van der Waals surface area contributed by atoms with Crippen molar-refractivity contribution in [2.45, 2.75) is 0 Å². The molecule has 0 fully saturated rings. The Hall–Kier alpha value is -1.88. The van der Waals surface area contributed by atoms with Crippen molar-refractivity contribution in [2.24, 2.45) is 0 Å². The summed E-state index contributed by atoms with van der Waals surface area (Å²) in [4.78, 5) is 12.5. The normalized spacial score (nSPS) is 10.2. The molecule has 3 nitrogen and oxygen atoms in total. The summed E-state index contributed by atoms with van der Waals surface area (Å²) in [7, 11) is 2.92. The minimum absolute atomic E-state index is 0.0107. The van der Waals surface area contributed by atoms with Crippen LogP contribution < -0.4 is 9.47 Å². The summed E-state index contributed by atoms with van der Waals surface area (Å²) in [5.74, 6) is -0.154. The number of rotatable bonds is 4. The molecule has 2 rings (SSSR count). The van der Waals surface area contributed by atoms with Crippen LogP contribution in [-0.2, 0) is 0 Å². The van der Waals surface area contributed by atoms with E-state index >= 15 is 0 Å². The summed E-state index contributed by atoms with van der Waals surface area (Å²) in [5.41, 5.74) is 0.0107. The summed E-state index contributed by atoms with van der Waals surface area (Å²) in [6.07, 6.45) is 0. The summed E-state index contributed by atoms with van der Waals surface area (Å²) < 4.78 is 23.7. The highest BCUT2D eigenvalue weighted by atomic mass is 32.1. The largest absolute Gasteiger partial charge is 0.497 e. The van der Waals surface area contributed by atoms with Crippen LogP contribution in [0.15, 0.2) is 29.6 Å². The van der Waals surface area contributed by atoms with E-state index in [4.69, 9.17) is 9.47 Å². The molecule has 0 saturated carbocycles. The van der Waals surface area contributed by atoms with Gasteiger partial charge in [0.1, 0.15) is 22.2 Å². The topological polar surface area (TPSA) is 35.5 Å². The lowest BCUT2D eigenvalue weighted by atomic mass is 10.1. The zero-order valence-corrected chi connectivity index (χ0v) is 10.7. The number of halogens is 1. The van der Waals surface area contributed by atoms with E-state index in [1.54, 1.807) is 17.5 Å². The lowest BCUT2D eigenvalue weighted by Gasteiger charge is -2.05. The van der Waals surface area contributed by atoms with Gasteiger partial charge in [0, 0.05) is 6.07 Å². The van der Waals surface area contributed by atoms with Gasteiger partial charge in [-0.15, -0.1) is 11.3 Å². The van der Waals surface area contributed by atoms with E-state index in [-0.39, 0.29) is 11.3 Å². The number of ketones is 1. The Morgan fingerprint density at radius 2 is 2.00 bits per heavy atom. The fourth-order valence-corrected chi connectivity index (χ4v) is 2.37. The van der Waals surface area contributed by atoms with Crippen molar-refractivity contribution in [3.8, 4) is 11.5 Å². The molecule has 0 amide bonds. The fourth-order valence-electron chi connectivity index (χ4n) is 1.55. The first kappa shape index (κ1) is 12.6. The average molecular weight is 266 g/mol. The average Bonchev–Trinajstić information content (AvgIpc) is 2.86. The lowest BCUT2D eigenvalue weighted by Crippen LogP contribution is -2.04. The number of methoxy groups -OCH3 is 2. The Morgan fingerprint density at radius 3 is 2.61 bits per heavy atom. The highest BCUT2D eigenvalue weighted by Crippen LogP contribution is 2.28. The number of carbonyl (C=O) groups is 1. The van der Waals surface area contributed by atoms with Crippen LogP contribution in [0.3, 0.4) is 0 Å². The predicted molar refractivity (Wildman–Crippen MR) is 67.3 cm³/mol. The molecule has 1 aromatic carbocycles. The van der Waals surface area contributed by atoms with E-state index in [0.717, 1.165) is 0 Å². The third-order valence-corrected chi connectivity index (χ3v) is 3.37. The minimum atomic E-state index is -0.602. The van der Waals surface area contributed by atoms with Crippen LogP contribution >= 0.6 is 11.3 Å². The Balaban J connectivity index is 2.40. The van der Waals surface area contributed by atoms with Gasteiger partial charge < -0.3 is 9.47 Å².